The molecule has 28 heavy (non-hydrogen) atoms. The molecule has 1 fully saturated rings. The van der Waals surface area contributed by atoms with E-state index < -0.39 is 15.5 Å². The van der Waals surface area contributed by atoms with Gasteiger partial charge in [0.25, 0.3) is 0 Å². The summed E-state index contributed by atoms with van der Waals surface area (Å²) >= 11 is 0. The molecule has 12 heteroatoms. The Labute approximate surface area is 180 Å². The number of rotatable bonds is 5. The summed E-state index contributed by atoms with van der Waals surface area (Å²) in [5, 5.41) is 6.31. The number of hydrogen-bond acceptors (Lipinski definition) is 4. The third-order valence-electron chi connectivity index (χ3n) is 4.47. The molecule has 2 rings (SSSR count). The molecule has 2 heterocycles. The molecule has 0 aliphatic carbocycles. The Hall–Kier alpha value is -1.15. The number of aromatic nitrogens is 1. The second-order valence-electron chi connectivity index (χ2n) is 6.32. The van der Waals surface area contributed by atoms with Gasteiger partial charge in [0.15, 0.2) is 5.96 Å². The van der Waals surface area contributed by atoms with E-state index in [9.17, 15) is 21.6 Å². The molecule has 160 valence electrons. The van der Waals surface area contributed by atoms with Crippen LogP contribution in [0.4, 0.5) is 13.2 Å². The van der Waals surface area contributed by atoms with Crippen molar-refractivity contribution in [3.05, 3.63) is 29.6 Å². The number of guanidine groups is 1. The van der Waals surface area contributed by atoms with Crippen molar-refractivity contribution in [2.75, 3.05) is 26.7 Å². The molecule has 0 amide bonds. The third kappa shape index (κ3) is 6.44. The summed E-state index contributed by atoms with van der Waals surface area (Å²) in [5.74, 6) is 0.541. The Kier molecular flexibility index (Phi) is 9.40. The van der Waals surface area contributed by atoms with Crippen LogP contribution in [-0.2, 0) is 16.4 Å². The molecule has 0 saturated carbocycles. The van der Waals surface area contributed by atoms with Gasteiger partial charge in [-0.2, -0.15) is 17.5 Å². The molecule has 0 bridgehead atoms. The number of sulfonamides is 1. The smallest absolute Gasteiger partial charge is 0.356 e. The molecule has 1 aliphatic rings. The lowest BCUT2D eigenvalue weighted by Crippen LogP contribution is -2.51. The van der Waals surface area contributed by atoms with Crippen molar-refractivity contribution in [2.24, 2.45) is 4.99 Å². The van der Waals surface area contributed by atoms with Crippen molar-refractivity contribution in [2.45, 2.75) is 37.7 Å². The predicted octanol–water partition coefficient (Wildman–Crippen LogP) is 2.03. The summed E-state index contributed by atoms with van der Waals surface area (Å²) in [7, 11) is -3.64. The molecule has 1 aromatic rings. The Morgan fingerprint density at radius 1 is 1.36 bits per heavy atom. The van der Waals surface area contributed by atoms with Crippen LogP contribution in [0, 0.1) is 6.92 Å². The molecule has 0 unspecified atom stereocenters. The number of nitrogens with one attached hydrogen (secondary N) is 2. The van der Waals surface area contributed by atoms with Crippen molar-refractivity contribution in [1.82, 2.24) is 19.9 Å². The van der Waals surface area contributed by atoms with Gasteiger partial charge in [-0.25, -0.2) is 8.42 Å². The zero-order valence-electron chi connectivity index (χ0n) is 15.7. The maximum atomic E-state index is 12.6. The number of pyridine rings is 1. The minimum absolute atomic E-state index is 0. The molecular weight excluding hydrogens is 510 g/mol. The van der Waals surface area contributed by atoms with Gasteiger partial charge in [0, 0.05) is 45.1 Å². The van der Waals surface area contributed by atoms with E-state index >= 15 is 0 Å². The van der Waals surface area contributed by atoms with Crippen LogP contribution in [0.1, 0.15) is 24.0 Å². The molecule has 0 spiro atoms. The van der Waals surface area contributed by atoms with Crippen molar-refractivity contribution in [1.29, 1.82) is 0 Å². The first kappa shape index (κ1) is 24.9. The summed E-state index contributed by atoms with van der Waals surface area (Å²) in [5.41, 5.74) is -2.99. The van der Waals surface area contributed by atoms with Crippen LogP contribution in [-0.4, -0.2) is 61.9 Å². The lowest BCUT2D eigenvalue weighted by molar-refractivity contribution is -0.0494. The third-order valence-corrected chi connectivity index (χ3v) is 6.10. The minimum Gasteiger partial charge on any atom is -0.356 e. The van der Waals surface area contributed by atoms with Crippen LogP contribution in [0.15, 0.2) is 23.5 Å². The molecule has 1 aromatic heterocycles. The first-order valence-corrected chi connectivity index (χ1v) is 10.0. The highest BCUT2D eigenvalue weighted by atomic mass is 127. The van der Waals surface area contributed by atoms with E-state index in [1.54, 1.807) is 19.4 Å². The molecule has 0 atom stereocenters. The van der Waals surface area contributed by atoms with Gasteiger partial charge >= 0.3 is 15.5 Å². The minimum atomic E-state index is -5.25. The zero-order chi connectivity index (χ0) is 20.1. The number of piperidine rings is 1. The van der Waals surface area contributed by atoms with Crippen LogP contribution >= 0.6 is 24.0 Å². The van der Waals surface area contributed by atoms with E-state index in [2.05, 4.69) is 20.6 Å². The number of aliphatic imine (C=N–C) groups is 1. The summed E-state index contributed by atoms with van der Waals surface area (Å²) in [4.78, 5) is 8.16. The fourth-order valence-electron chi connectivity index (χ4n) is 2.87. The largest absolute Gasteiger partial charge is 0.511 e. The van der Waals surface area contributed by atoms with Gasteiger partial charge in [0.2, 0.25) is 0 Å². The lowest BCUT2D eigenvalue weighted by Gasteiger charge is -2.32. The molecule has 1 aliphatic heterocycles. The maximum absolute atomic E-state index is 12.6. The van der Waals surface area contributed by atoms with Gasteiger partial charge in [0.05, 0.1) is 0 Å². The van der Waals surface area contributed by atoms with Gasteiger partial charge in [-0.05, 0) is 43.4 Å². The van der Waals surface area contributed by atoms with E-state index in [0.717, 1.165) is 12.0 Å². The average Bonchev–Trinajstić information content (AvgIpc) is 2.62. The molecule has 2 N–H and O–H groups in total. The zero-order valence-corrected chi connectivity index (χ0v) is 18.8. The number of halogens is 4. The number of alkyl halides is 3. The summed E-state index contributed by atoms with van der Waals surface area (Å²) < 4.78 is 61.2. The monoisotopic (exact) mass is 535 g/mol. The molecule has 7 nitrogen and oxygen atoms in total. The van der Waals surface area contributed by atoms with E-state index in [1.165, 1.54) is 5.56 Å². The Balaban J connectivity index is 0.00000392. The Morgan fingerprint density at radius 3 is 2.54 bits per heavy atom. The molecular formula is C16H25F3IN5O2S. The van der Waals surface area contributed by atoms with Gasteiger partial charge < -0.3 is 10.6 Å². The van der Waals surface area contributed by atoms with Gasteiger partial charge in [0.1, 0.15) is 0 Å². The number of hydrogen-bond donors (Lipinski definition) is 2. The maximum Gasteiger partial charge on any atom is 0.511 e. The highest BCUT2D eigenvalue weighted by molar-refractivity contribution is 14.0. The number of nitrogens with zero attached hydrogens (tertiary/aromatic N) is 3. The van der Waals surface area contributed by atoms with Crippen LogP contribution in [0.3, 0.4) is 0 Å². The van der Waals surface area contributed by atoms with Crippen molar-refractivity contribution in [3.8, 4) is 0 Å². The van der Waals surface area contributed by atoms with Crippen LogP contribution in [0.25, 0.3) is 0 Å². The van der Waals surface area contributed by atoms with Gasteiger partial charge in [-0.15, -0.1) is 24.0 Å². The van der Waals surface area contributed by atoms with E-state index in [4.69, 9.17) is 0 Å². The summed E-state index contributed by atoms with van der Waals surface area (Å²) in [6.07, 6.45) is 4.86. The normalized spacial score (nSPS) is 17.1. The Bertz CT molecular complexity index is 766. The van der Waals surface area contributed by atoms with Crippen LogP contribution in [0.5, 0.6) is 0 Å². The molecule has 1 saturated heterocycles. The van der Waals surface area contributed by atoms with Crippen molar-refractivity contribution >= 4 is 40.0 Å². The SMILES string of the molecule is CN=C(NCCc1ccncc1C)NC1CCN(S(=O)(=O)C(F)(F)F)CC1.I. The van der Waals surface area contributed by atoms with Gasteiger partial charge in [-0.3, -0.25) is 9.98 Å². The average molecular weight is 535 g/mol. The van der Waals surface area contributed by atoms with Crippen molar-refractivity contribution < 1.29 is 21.6 Å². The van der Waals surface area contributed by atoms with Crippen LogP contribution < -0.4 is 10.6 Å². The predicted molar refractivity (Wildman–Crippen MR) is 112 cm³/mol. The fourth-order valence-corrected chi connectivity index (χ4v) is 3.86. The lowest BCUT2D eigenvalue weighted by atomic mass is 10.1. The highest BCUT2D eigenvalue weighted by Gasteiger charge is 2.50. The van der Waals surface area contributed by atoms with Gasteiger partial charge in [-0.1, -0.05) is 0 Å². The first-order valence-electron chi connectivity index (χ1n) is 8.58. The van der Waals surface area contributed by atoms with E-state index in [-0.39, 0.29) is 55.9 Å². The molecule has 0 radical (unpaired) electrons. The highest BCUT2D eigenvalue weighted by Crippen LogP contribution is 2.28. The second kappa shape index (κ2) is 10.6. The van der Waals surface area contributed by atoms with Crippen molar-refractivity contribution in [3.63, 3.8) is 0 Å². The van der Waals surface area contributed by atoms with E-state index in [1.807, 2.05) is 13.0 Å². The standard InChI is InChI=1S/C16H24F3N5O2S.HI/c1-12-11-21-7-3-13(12)4-8-22-15(20-2)23-14-5-9-24(10-6-14)27(25,26)16(17,18)19;/h3,7,11,14H,4-6,8-10H2,1-2H3,(H2,20,22,23);1H. The summed E-state index contributed by atoms with van der Waals surface area (Å²) in [6, 6.07) is 1.81. The Morgan fingerprint density at radius 2 is 2.00 bits per heavy atom. The summed E-state index contributed by atoms with van der Waals surface area (Å²) in [6.45, 7) is 2.27. The fraction of sp³-hybridized carbons (Fsp3) is 0.625. The van der Waals surface area contributed by atoms with E-state index in [0.29, 0.717) is 16.8 Å². The number of aryl methyl sites for hydroxylation is 1. The second-order valence-corrected chi connectivity index (χ2v) is 8.25. The van der Waals surface area contributed by atoms with Crippen LogP contribution in [0.2, 0.25) is 0 Å². The topological polar surface area (TPSA) is 86.7 Å². The molecule has 0 aromatic carbocycles. The quantitative estimate of drug-likeness (QED) is 0.343. The first-order chi connectivity index (χ1) is 12.6.